The molecule has 0 saturated carbocycles. The number of rotatable bonds is 3. The lowest BCUT2D eigenvalue weighted by Crippen LogP contribution is -2.04. The summed E-state index contributed by atoms with van der Waals surface area (Å²) in [4.78, 5) is 13.0. The van der Waals surface area contributed by atoms with Crippen LogP contribution < -0.4 is 0 Å². The summed E-state index contributed by atoms with van der Waals surface area (Å²) in [5.41, 5.74) is 9.57. The van der Waals surface area contributed by atoms with Crippen LogP contribution >= 0.6 is 15.9 Å². The average molecular weight is 446 g/mol. The fraction of sp³-hybridized carbons (Fsp3) is 0.240. The monoisotopic (exact) mass is 445 g/mol. The third-order valence-electron chi connectivity index (χ3n) is 6.54. The molecule has 2 aliphatic carbocycles. The molecule has 1 N–H and O–H groups in total. The molecular formula is C25H20BrNO2. The zero-order chi connectivity index (χ0) is 19.7. The molecule has 0 amide bonds. The summed E-state index contributed by atoms with van der Waals surface area (Å²) < 4.78 is 3.43. The van der Waals surface area contributed by atoms with E-state index in [9.17, 15) is 9.90 Å². The number of halogens is 1. The maximum Gasteiger partial charge on any atom is 0.164 e. The van der Waals surface area contributed by atoms with E-state index in [0.29, 0.717) is 12.8 Å². The van der Waals surface area contributed by atoms with Gasteiger partial charge >= 0.3 is 0 Å². The van der Waals surface area contributed by atoms with Crippen molar-refractivity contribution in [3.63, 3.8) is 0 Å². The van der Waals surface area contributed by atoms with E-state index in [1.807, 2.05) is 0 Å². The quantitative estimate of drug-likeness (QED) is 0.390. The predicted molar refractivity (Wildman–Crippen MR) is 120 cm³/mol. The average Bonchev–Trinajstić information content (AvgIpc) is 3.37. The van der Waals surface area contributed by atoms with Crippen LogP contribution in [0.1, 0.15) is 39.9 Å². The van der Waals surface area contributed by atoms with E-state index in [0.717, 1.165) is 35.0 Å². The lowest BCUT2D eigenvalue weighted by Gasteiger charge is -2.14. The molecule has 1 heterocycles. The standard InChI is InChI=1S/C25H20BrNO2/c26-15-6-8-20-18(13-15)23-17-7-9-21(29)24(17)22-16-5-2-1-4-14(16)12-19(22)25(23)27(20)10-3-11-28/h1-2,4-6,8,13,28H,3,7,9-12H2. The first-order valence-corrected chi connectivity index (χ1v) is 11.0. The summed E-state index contributed by atoms with van der Waals surface area (Å²) in [5, 5.41) is 12.0. The van der Waals surface area contributed by atoms with Gasteiger partial charge in [-0.2, -0.15) is 0 Å². The molecule has 29 heavy (non-hydrogen) atoms. The zero-order valence-corrected chi connectivity index (χ0v) is 17.6. The number of carbonyl (C=O) groups is 1. The number of nitrogens with zero attached hydrogens (tertiary/aromatic N) is 1. The third kappa shape index (κ3) is 2.30. The highest BCUT2D eigenvalue weighted by atomic mass is 79.9. The zero-order valence-electron chi connectivity index (χ0n) is 16.0. The maximum atomic E-state index is 13.0. The normalized spacial score (nSPS) is 14.6. The molecule has 3 nitrogen and oxygen atoms in total. The Kier molecular flexibility index (Phi) is 3.78. The van der Waals surface area contributed by atoms with Gasteiger partial charge in [-0.05, 0) is 58.9 Å². The minimum Gasteiger partial charge on any atom is -0.396 e. The Morgan fingerprint density at radius 1 is 1.03 bits per heavy atom. The molecule has 0 aliphatic heterocycles. The Morgan fingerprint density at radius 2 is 1.90 bits per heavy atom. The van der Waals surface area contributed by atoms with Crippen molar-refractivity contribution in [2.45, 2.75) is 32.2 Å². The van der Waals surface area contributed by atoms with Crippen LogP contribution in [0.5, 0.6) is 0 Å². The van der Waals surface area contributed by atoms with E-state index in [1.54, 1.807) is 0 Å². The van der Waals surface area contributed by atoms with E-state index < -0.39 is 0 Å². The molecule has 0 fully saturated rings. The number of carbonyl (C=O) groups excluding carboxylic acids is 1. The number of Topliss-reactive ketones (excluding diaryl/α,β-unsaturated/α-hetero) is 1. The molecule has 6 rings (SSSR count). The van der Waals surface area contributed by atoms with Gasteiger partial charge in [0.2, 0.25) is 0 Å². The van der Waals surface area contributed by atoms with Crippen LogP contribution in [0.3, 0.4) is 0 Å². The van der Waals surface area contributed by atoms with E-state index in [4.69, 9.17) is 0 Å². The van der Waals surface area contributed by atoms with Crippen molar-refractivity contribution >= 4 is 43.5 Å². The van der Waals surface area contributed by atoms with E-state index in [-0.39, 0.29) is 12.4 Å². The Morgan fingerprint density at radius 3 is 2.76 bits per heavy atom. The Balaban J connectivity index is 1.83. The van der Waals surface area contributed by atoms with Crippen LogP contribution in [-0.2, 0) is 19.4 Å². The number of hydrogen-bond donors (Lipinski definition) is 1. The summed E-state index contributed by atoms with van der Waals surface area (Å²) in [6.07, 6.45) is 2.98. The number of aromatic nitrogens is 1. The van der Waals surface area contributed by atoms with Gasteiger partial charge in [0.1, 0.15) is 0 Å². The molecule has 4 heteroatoms. The van der Waals surface area contributed by atoms with Crippen molar-refractivity contribution in [1.29, 1.82) is 0 Å². The summed E-state index contributed by atoms with van der Waals surface area (Å²) in [6.45, 7) is 0.942. The molecule has 144 valence electrons. The predicted octanol–water partition coefficient (Wildman–Crippen LogP) is 5.64. The SMILES string of the molecule is O=C1CCc2c1c1c(c3c2c2cc(Br)ccc2n3CCCO)Cc2ccccc2-1. The van der Waals surface area contributed by atoms with Gasteiger partial charge < -0.3 is 9.67 Å². The highest BCUT2D eigenvalue weighted by Crippen LogP contribution is 2.50. The van der Waals surface area contributed by atoms with Gasteiger partial charge in [-0.1, -0.05) is 40.2 Å². The molecular weight excluding hydrogens is 426 g/mol. The molecule has 0 radical (unpaired) electrons. The maximum absolute atomic E-state index is 13.0. The Bertz CT molecular complexity index is 1350. The first-order chi connectivity index (χ1) is 14.2. The third-order valence-corrected chi connectivity index (χ3v) is 7.03. The molecule has 1 aromatic heterocycles. The van der Waals surface area contributed by atoms with E-state index >= 15 is 0 Å². The fourth-order valence-corrected chi connectivity index (χ4v) is 5.81. The van der Waals surface area contributed by atoms with Crippen LogP contribution in [0, 0.1) is 0 Å². The number of fused-ring (bicyclic) bond motifs is 10. The number of ketones is 1. The van der Waals surface area contributed by atoms with Gasteiger partial charge in [-0.15, -0.1) is 0 Å². The highest BCUT2D eigenvalue weighted by molar-refractivity contribution is 9.10. The smallest absolute Gasteiger partial charge is 0.164 e. The molecule has 0 saturated heterocycles. The van der Waals surface area contributed by atoms with Gasteiger partial charge in [-0.25, -0.2) is 0 Å². The van der Waals surface area contributed by atoms with Gasteiger partial charge in [0.15, 0.2) is 5.78 Å². The molecule has 3 aromatic carbocycles. The van der Waals surface area contributed by atoms with Crippen molar-refractivity contribution in [2.24, 2.45) is 0 Å². The van der Waals surface area contributed by atoms with Crippen LogP contribution in [-0.4, -0.2) is 22.1 Å². The molecule has 4 aromatic rings. The minimum absolute atomic E-state index is 0.170. The van der Waals surface area contributed by atoms with Crippen molar-refractivity contribution in [1.82, 2.24) is 4.57 Å². The van der Waals surface area contributed by atoms with Gasteiger partial charge in [0, 0.05) is 52.3 Å². The largest absolute Gasteiger partial charge is 0.396 e. The van der Waals surface area contributed by atoms with Crippen molar-refractivity contribution in [3.05, 3.63) is 69.2 Å². The number of aryl methyl sites for hydroxylation is 2. The van der Waals surface area contributed by atoms with Crippen molar-refractivity contribution < 1.29 is 9.90 Å². The fourth-order valence-electron chi connectivity index (χ4n) is 5.45. The highest BCUT2D eigenvalue weighted by Gasteiger charge is 2.35. The second kappa shape index (κ2) is 6.28. The molecule has 0 atom stereocenters. The van der Waals surface area contributed by atoms with Crippen LogP contribution in [0.2, 0.25) is 0 Å². The van der Waals surface area contributed by atoms with Gasteiger partial charge in [0.05, 0.1) is 5.52 Å². The Labute approximate surface area is 177 Å². The first-order valence-electron chi connectivity index (χ1n) is 10.2. The number of aliphatic hydroxyl groups excluding tert-OH is 1. The molecule has 0 bridgehead atoms. The number of aliphatic hydroxyl groups is 1. The van der Waals surface area contributed by atoms with Crippen molar-refractivity contribution in [3.8, 4) is 11.1 Å². The molecule has 0 spiro atoms. The first kappa shape index (κ1) is 17.4. The Hall–Kier alpha value is -2.43. The lowest BCUT2D eigenvalue weighted by atomic mass is 9.92. The van der Waals surface area contributed by atoms with Gasteiger partial charge in [0.25, 0.3) is 0 Å². The summed E-state index contributed by atoms with van der Waals surface area (Å²) in [5.74, 6) is 0.279. The number of hydrogen-bond acceptors (Lipinski definition) is 2. The molecule has 2 aliphatic rings. The van der Waals surface area contributed by atoms with Crippen LogP contribution in [0.25, 0.3) is 32.9 Å². The summed E-state index contributed by atoms with van der Waals surface area (Å²) in [7, 11) is 0. The topological polar surface area (TPSA) is 42.2 Å². The van der Waals surface area contributed by atoms with E-state index in [2.05, 4.69) is 63.0 Å². The molecule has 0 unspecified atom stereocenters. The minimum atomic E-state index is 0.170. The summed E-state index contributed by atoms with van der Waals surface area (Å²) >= 11 is 3.64. The van der Waals surface area contributed by atoms with Crippen LogP contribution in [0.15, 0.2) is 46.9 Å². The van der Waals surface area contributed by atoms with Gasteiger partial charge in [-0.3, -0.25) is 4.79 Å². The second-order valence-corrected chi connectivity index (χ2v) is 8.99. The lowest BCUT2D eigenvalue weighted by molar-refractivity contribution is 0.0995. The van der Waals surface area contributed by atoms with Crippen molar-refractivity contribution in [2.75, 3.05) is 6.61 Å². The summed E-state index contributed by atoms with van der Waals surface area (Å²) in [6, 6.07) is 14.9. The second-order valence-electron chi connectivity index (χ2n) is 8.08. The number of benzene rings is 3. The van der Waals surface area contributed by atoms with E-state index in [1.165, 1.54) is 44.1 Å². The van der Waals surface area contributed by atoms with Crippen LogP contribution in [0.4, 0.5) is 0 Å².